The second-order valence-corrected chi connectivity index (χ2v) is 12.2. The number of ketones is 1. The number of aromatic nitrogens is 1. The summed E-state index contributed by atoms with van der Waals surface area (Å²) in [7, 11) is 0. The van der Waals surface area contributed by atoms with Gasteiger partial charge in [-0.05, 0) is 58.3 Å². The van der Waals surface area contributed by atoms with E-state index in [4.69, 9.17) is 4.74 Å². The van der Waals surface area contributed by atoms with E-state index < -0.39 is 5.97 Å². The Morgan fingerprint density at radius 2 is 1.55 bits per heavy atom. The molecule has 0 aliphatic rings. The van der Waals surface area contributed by atoms with Crippen LogP contribution < -0.4 is 4.74 Å². The Kier molecular flexibility index (Phi) is 8.53. The number of ether oxygens (including phenoxy) is 1. The lowest BCUT2D eigenvalue weighted by atomic mass is 9.98. The predicted octanol–water partition coefficient (Wildman–Crippen LogP) is 9.25. The van der Waals surface area contributed by atoms with Crippen LogP contribution >= 0.6 is 11.8 Å². The molecule has 44 heavy (non-hydrogen) atoms. The Hall–Kier alpha value is -4.81. The summed E-state index contributed by atoms with van der Waals surface area (Å²) in [6, 6.07) is 37.6. The number of carboxylic acid groups (broad SMARTS) is 1. The summed E-state index contributed by atoms with van der Waals surface area (Å²) < 4.78 is 8.29. The van der Waals surface area contributed by atoms with Crippen LogP contribution in [0.2, 0.25) is 0 Å². The van der Waals surface area contributed by atoms with Crippen molar-refractivity contribution in [3.8, 4) is 5.75 Å². The van der Waals surface area contributed by atoms with E-state index in [0.29, 0.717) is 35.8 Å². The molecule has 0 radical (unpaired) electrons. The molecule has 0 amide bonds. The minimum atomic E-state index is -0.973. The van der Waals surface area contributed by atoms with Crippen molar-refractivity contribution >= 4 is 45.2 Å². The molecule has 5 aromatic carbocycles. The topological polar surface area (TPSA) is 68.5 Å². The number of hydrogen-bond acceptors (Lipinski definition) is 4. The lowest BCUT2D eigenvalue weighted by Crippen LogP contribution is -2.13. The van der Waals surface area contributed by atoms with Gasteiger partial charge in [0.05, 0.1) is 5.56 Å². The Labute approximate surface area is 261 Å². The largest absolute Gasteiger partial charge is 0.489 e. The van der Waals surface area contributed by atoms with Gasteiger partial charge in [0, 0.05) is 45.3 Å². The zero-order valence-electron chi connectivity index (χ0n) is 24.7. The van der Waals surface area contributed by atoms with Crippen LogP contribution in [0.15, 0.2) is 120 Å². The third-order valence-electron chi connectivity index (χ3n) is 7.83. The van der Waals surface area contributed by atoms with E-state index in [2.05, 4.69) is 34.9 Å². The normalized spacial score (nSPS) is 11.3. The van der Waals surface area contributed by atoms with E-state index in [1.54, 1.807) is 23.9 Å². The minimum absolute atomic E-state index is 0.0505. The van der Waals surface area contributed by atoms with E-state index in [1.807, 2.05) is 86.6 Å². The van der Waals surface area contributed by atoms with E-state index in [1.165, 1.54) is 5.39 Å². The van der Waals surface area contributed by atoms with Crippen LogP contribution in [0.3, 0.4) is 0 Å². The summed E-state index contributed by atoms with van der Waals surface area (Å²) in [5.41, 5.74) is 4.40. The van der Waals surface area contributed by atoms with Gasteiger partial charge in [-0.1, -0.05) is 92.7 Å². The maximum Gasteiger partial charge on any atom is 0.336 e. The van der Waals surface area contributed by atoms with Gasteiger partial charge in [-0.3, -0.25) is 4.79 Å². The molecule has 0 fully saturated rings. The van der Waals surface area contributed by atoms with Gasteiger partial charge < -0.3 is 14.4 Å². The van der Waals surface area contributed by atoms with Crippen molar-refractivity contribution in [2.24, 2.45) is 5.92 Å². The molecule has 0 aliphatic carbocycles. The Balaban J connectivity index is 1.46. The Morgan fingerprint density at radius 3 is 2.32 bits per heavy atom. The average Bonchev–Trinajstić information content (AvgIpc) is 3.34. The van der Waals surface area contributed by atoms with Crippen molar-refractivity contribution in [3.05, 3.63) is 143 Å². The predicted molar refractivity (Wildman–Crippen MR) is 178 cm³/mol. The van der Waals surface area contributed by atoms with Crippen LogP contribution in [0, 0.1) is 5.92 Å². The maximum atomic E-state index is 13.9. The molecular formula is C38H33NO4S. The van der Waals surface area contributed by atoms with E-state index in [9.17, 15) is 14.7 Å². The standard InChI is InChI=1S/C38H33NO4S/c1-25(2)37(40)36-33-21-30(43-23-26-10-4-3-5-11-26)17-19-34(33)39(22-29-14-8-9-15-32(29)38(41)42)35(36)24-44-31-18-16-27-12-6-7-13-28(27)20-31/h3-21,25H,22-24H2,1-2H3,(H,41,42). The van der Waals surface area contributed by atoms with Crippen molar-refractivity contribution in [3.63, 3.8) is 0 Å². The second-order valence-electron chi connectivity index (χ2n) is 11.1. The molecule has 0 saturated heterocycles. The fraction of sp³-hybridized carbons (Fsp3) is 0.158. The fourth-order valence-corrected chi connectivity index (χ4v) is 6.54. The zero-order chi connectivity index (χ0) is 30.6. The number of carboxylic acids is 1. The van der Waals surface area contributed by atoms with Crippen LogP contribution in [0.4, 0.5) is 0 Å². The number of carbonyl (C=O) groups is 2. The maximum absolute atomic E-state index is 13.9. The number of rotatable bonds is 11. The van der Waals surface area contributed by atoms with Crippen LogP contribution in [0.5, 0.6) is 5.75 Å². The highest BCUT2D eigenvalue weighted by molar-refractivity contribution is 7.98. The molecule has 0 spiro atoms. The highest BCUT2D eigenvalue weighted by Gasteiger charge is 2.26. The van der Waals surface area contributed by atoms with Crippen molar-refractivity contribution < 1.29 is 19.4 Å². The molecule has 0 atom stereocenters. The first-order valence-corrected chi connectivity index (χ1v) is 15.7. The quantitative estimate of drug-likeness (QED) is 0.119. The monoisotopic (exact) mass is 599 g/mol. The van der Waals surface area contributed by atoms with E-state index in [-0.39, 0.29) is 17.3 Å². The summed E-state index contributed by atoms with van der Waals surface area (Å²) in [5, 5.41) is 13.1. The van der Waals surface area contributed by atoms with Crippen LogP contribution in [0.25, 0.3) is 21.7 Å². The molecule has 1 N–H and O–H groups in total. The number of fused-ring (bicyclic) bond motifs is 2. The Bertz CT molecular complexity index is 1980. The summed E-state index contributed by atoms with van der Waals surface area (Å²) >= 11 is 1.67. The van der Waals surface area contributed by atoms with Gasteiger partial charge in [0.25, 0.3) is 0 Å². The molecule has 220 valence electrons. The first kappa shape index (κ1) is 29.3. The number of thioether (sulfide) groups is 1. The van der Waals surface area contributed by atoms with Gasteiger partial charge in [0.15, 0.2) is 5.78 Å². The molecule has 5 nitrogen and oxygen atoms in total. The molecular weight excluding hydrogens is 566 g/mol. The van der Waals surface area contributed by atoms with E-state index >= 15 is 0 Å². The lowest BCUT2D eigenvalue weighted by molar-refractivity contribution is 0.0695. The lowest BCUT2D eigenvalue weighted by Gasteiger charge is -2.15. The van der Waals surface area contributed by atoms with Gasteiger partial charge in [-0.15, -0.1) is 11.8 Å². The number of Topliss-reactive ketones (excluding diaryl/α,β-unsaturated/α-hetero) is 1. The number of aromatic carboxylic acids is 1. The number of benzene rings is 5. The molecule has 0 unspecified atom stereocenters. The first-order chi connectivity index (χ1) is 21.4. The van der Waals surface area contributed by atoms with Crippen molar-refractivity contribution in [1.29, 1.82) is 0 Å². The van der Waals surface area contributed by atoms with Crippen LogP contribution in [-0.2, 0) is 18.9 Å². The van der Waals surface area contributed by atoms with Crippen molar-refractivity contribution in [1.82, 2.24) is 4.57 Å². The highest BCUT2D eigenvalue weighted by atomic mass is 32.2. The van der Waals surface area contributed by atoms with Gasteiger partial charge >= 0.3 is 5.97 Å². The van der Waals surface area contributed by atoms with Gasteiger partial charge in [-0.25, -0.2) is 4.79 Å². The summed E-state index contributed by atoms with van der Waals surface area (Å²) in [6.07, 6.45) is 0. The van der Waals surface area contributed by atoms with Gasteiger partial charge in [-0.2, -0.15) is 0 Å². The summed E-state index contributed by atoms with van der Waals surface area (Å²) in [4.78, 5) is 27.2. The highest BCUT2D eigenvalue weighted by Crippen LogP contribution is 2.36. The molecule has 6 heteroatoms. The minimum Gasteiger partial charge on any atom is -0.489 e. The van der Waals surface area contributed by atoms with E-state index in [0.717, 1.165) is 32.4 Å². The average molecular weight is 600 g/mol. The third kappa shape index (κ3) is 6.12. The molecule has 0 aliphatic heterocycles. The van der Waals surface area contributed by atoms with Gasteiger partial charge in [0.2, 0.25) is 0 Å². The van der Waals surface area contributed by atoms with Crippen LogP contribution in [-0.4, -0.2) is 21.4 Å². The molecule has 0 bridgehead atoms. The zero-order valence-corrected chi connectivity index (χ0v) is 25.5. The second kappa shape index (κ2) is 12.8. The molecule has 1 heterocycles. The summed E-state index contributed by atoms with van der Waals surface area (Å²) in [5.74, 6) is 0.0689. The first-order valence-electron chi connectivity index (χ1n) is 14.7. The molecule has 6 aromatic rings. The van der Waals surface area contributed by atoms with Crippen LogP contribution in [0.1, 0.15) is 51.4 Å². The SMILES string of the molecule is CC(C)C(=O)c1c(CSc2ccc3ccccc3c2)n(Cc2ccccc2C(=O)O)c2ccc(OCc3ccccc3)cc12. The molecule has 1 aromatic heterocycles. The smallest absolute Gasteiger partial charge is 0.336 e. The third-order valence-corrected chi connectivity index (χ3v) is 8.84. The molecule has 6 rings (SSSR count). The molecule has 0 saturated carbocycles. The number of carbonyl (C=O) groups excluding carboxylic acids is 1. The Morgan fingerprint density at radius 1 is 0.818 bits per heavy atom. The fourth-order valence-electron chi connectivity index (χ4n) is 5.56. The summed E-state index contributed by atoms with van der Waals surface area (Å²) in [6.45, 7) is 4.57. The van der Waals surface area contributed by atoms with Gasteiger partial charge in [0.1, 0.15) is 12.4 Å². The number of nitrogens with zero attached hydrogens (tertiary/aromatic N) is 1. The van der Waals surface area contributed by atoms with Crippen molar-refractivity contribution in [2.45, 2.75) is 37.6 Å². The number of hydrogen-bond donors (Lipinski definition) is 1. The van der Waals surface area contributed by atoms with Crippen molar-refractivity contribution in [2.75, 3.05) is 0 Å².